The first kappa shape index (κ1) is 20.0. The van der Waals surface area contributed by atoms with E-state index in [-0.39, 0.29) is 30.1 Å². The highest BCUT2D eigenvalue weighted by molar-refractivity contribution is 7.86. The van der Waals surface area contributed by atoms with Crippen molar-refractivity contribution in [2.24, 2.45) is 0 Å². The van der Waals surface area contributed by atoms with Gasteiger partial charge in [-0.2, -0.15) is 0 Å². The number of hydrogen-bond acceptors (Lipinski definition) is 2. The van der Waals surface area contributed by atoms with E-state index in [9.17, 15) is 4.21 Å². The molecule has 3 atom stereocenters. The average Bonchev–Trinajstić information content (AvgIpc) is 3.16. The second-order valence-electron chi connectivity index (χ2n) is 7.73. The lowest BCUT2D eigenvalue weighted by atomic mass is 9.99. The number of benzene rings is 2. The van der Waals surface area contributed by atoms with Gasteiger partial charge in [0.25, 0.3) is 0 Å². The van der Waals surface area contributed by atoms with Gasteiger partial charge in [-0.1, -0.05) is 60.7 Å². The molecular weight excluding hydrogens is 457 g/mol. The fraction of sp³-hybridized carbons (Fsp3) is 0.429. The van der Waals surface area contributed by atoms with Gasteiger partial charge in [0.1, 0.15) is 12.1 Å². The highest BCUT2D eigenvalue weighted by Crippen LogP contribution is 2.45. The fourth-order valence-corrected chi connectivity index (χ4v) is 6.35. The molecule has 140 valence electrons. The van der Waals surface area contributed by atoms with Crippen molar-refractivity contribution in [3.05, 3.63) is 71.8 Å². The van der Waals surface area contributed by atoms with Crippen LogP contribution >= 0.6 is 0 Å². The van der Waals surface area contributed by atoms with Crippen molar-refractivity contribution >= 4 is 10.8 Å². The van der Waals surface area contributed by atoms with Gasteiger partial charge >= 0.3 is 0 Å². The Hall–Kier alpha value is -0.760. The minimum absolute atomic E-state index is 0. The van der Waals surface area contributed by atoms with Crippen molar-refractivity contribution in [1.29, 1.82) is 0 Å². The van der Waals surface area contributed by atoms with E-state index < -0.39 is 15.7 Å². The molecule has 2 aromatic rings. The van der Waals surface area contributed by atoms with Crippen molar-refractivity contribution in [1.82, 2.24) is 0 Å². The first-order valence-corrected chi connectivity index (χ1v) is 10.4. The molecule has 2 aliphatic heterocycles. The van der Waals surface area contributed by atoms with E-state index in [0.29, 0.717) is 11.8 Å². The highest BCUT2D eigenvalue weighted by Gasteiger charge is 2.55. The Morgan fingerprint density at radius 1 is 1.00 bits per heavy atom. The minimum Gasteiger partial charge on any atom is -1.00 e. The molecule has 3 nitrogen and oxygen atoms in total. The lowest BCUT2D eigenvalue weighted by Crippen LogP contribution is -3.00. The molecule has 2 fully saturated rings. The molecule has 0 radical (unpaired) electrons. The molecule has 2 aliphatic rings. The largest absolute Gasteiger partial charge is 1.00 e. The summed E-state index contributed by atoms with van der Waals surface area (Å²) in [6, 6.07) is 20.6. The molecular formula is C21H26INO2S. The van der Waals surface area contributed by atoms with Crippen LogP contribution in [0.2, 0.25) is 0 Å². The predicted molar refractivity (Wildman–Crippen MR) is 102 cm³/mol. The summed E-state index contributed by atoms with van der Waals surface area (Å²) >= 11 is 0. The monoisotopic (exact) mass is 483 g/mol. The molecule has 0 spiro atoms. The van der Waals surface area contributed by atoms with Crippen LogP contribution in [0.1, 0.15) is 24.0 Å². The molecule has 2 heterocycles. The number of ether oxygens (including phenoxy) is 1. The van der Waals surface area contributed by atoms with Gasteiger partial charge in [-0.05, 0) is 0 Å². The third-order valence-corrected chi connectivity index (χ3v) is 7.66. The summed E-state index contributed by atoms with van der Waals surface area (Å²) in [5, 5.41) is 0. The lowest BCUT2D eigenvalue weighted by molar-refractivity contribution is -0.905. The smallest absolute Gasteiger partial charge is 0.194 e. The Bertz CT molecular complexity index is 727. The second-order valence-corrected chi connectivity index (χ2v) is 9.33. The number of hydrogen-bond donors (Lipinski definition) is 0. The molecule has 0 amide bonds. The zero-order chi connectivity index (χ0) is 17.5. The quantitative estimate of drug-likeness (QED) is 0.463. The molecule has 2 aromatic carbocycles. The number of likely N-dealkylation sites (N-methyl/N-ethyl adjacent to an activating group) is 1. The Labute approximate surface area is 175 Å². The topological polar surface area (TPSA) is 26.3 Å². The van der Waals surface area contributed by atoms with E-state index in [1.807, 2.05) is 60.7 Å². The van der Waals surface area contributed by atoms with E-state index in [1.54, 1.807) is 0 Å². The molecule has 0 N–H and O–H groups in total. The number of likely N-dealkylation sites (tertiary alicyclic amines) is 1. The number of rotatable bonds is 3. The van der Waals surface area contributed by atoms with Crippen LogP contribution in [0.4, 0.5) is 0 Å². The second kappa shape index (κ2) is 7.70. The van der Waals surface area contributed by atoms with E-state index in [2.05, 4.69) is 14.1 Å². The molecule has 1 unspecified atom stereocenters. The molecule has 26 heavy (non-hydrogen) atoms. The van der Waals surface area contributed by atoms with E-state index in [0.717, 1.165) is 22.0 Å². The van der Waals surface area contributed by atoms with Gasteiger partial charge in [0.2, 0.25) is 0 Å². The maximum Gasteiger partial charge on any atom is 0.194 e. The summed E-state index contributed by atoms with van der Waals surface area (Å²) in [5.74, 6) is 0.607. The highest BCUT2D eigenvalue weighted by atomic mass is 127. The average molecular weight is 483 g/mol. The van der Waals surface area contributed by atoms with Gasteiger partial charge in [0, 0.05) is 24.0 Å². The Kier molecular flexibility index (Phi) is 5.92. The summed E-state index contributed by atoms with van der Waals surface area (Å²) in [6.07, 6.45) is 2.39. The van der Waals surface area contributed by atoms with Crippen LogP contribution in [-0.4, -0.2) is 47.2 Å². The van der Waals surface area contributed by atoms with Crippen LogP contribution in [0.3, 0.4) is 0 Å². The zero-order valence-corrected chi connectivity index (χ0v) is 18.3. The van der Waals surface area contributed by atoms with Crippen molar-refractivity contribution in [3.8, 4) is 0 Å². The van der Waals surface area contributed by atoms with Crippen molar-refractivity contribution in [2.75, 3.05) is 26.4 Å². The van der Waals surface area contributed by atoms with Crippen molar-refractivity contribution in [3.63, 3.8) is 0 Å². The van der Waals surface area contributed by atoms with Crippen LogP contribution in [-0.2, 0) is 20.5 Å². The van der Waals surface area contributed by atoms with Gasteiger partial charge in [-0.3, -0.25) is 4.21 Å². The molecule has 4 rings (SSSR count). The first-order valence-electron chi connectivity index (χ1n) is 9.04. The summed E-state index contributed by atoms with van der Waals surface area (Å²) in [5.41, 5.74) is 1.98. The minimum atomic E-state index is -1.11. The molecule has 0 aliphatic carbocycles. The Morgan fingerprint density at radius 3 is 2.00 bits per heavy atom. The van der Waals surface area contributed by atoms with Gasteiger partial charge in [-0.15, -0.1) is 0 Å². The molecule has 5 heteroatoms. The predicted octanol–water partition coefficient (Wildman–Crippen LogP) is 0.278. The van der Waals surface area contributed by atoms with Crippen LogP contribution in [0.5, 0.6) is 0 Å². The summed E-state index contributed by atoms with van der Waals surface area (Å²) in [6.45, 7) is 1.17. The van der Waals surface area contributed by atoms with Crippen LogP contribution < -0.4 is 24.0 Å². The number of nitrogens with zero attached hydrogens (tertiary/aromatic N) is 1. The summed E-state index contributed by atoms with van der Waals surface area (Å²) in [7, 11) is 3.43. The fourth-order valence-electron chi connectivity index (χ4n) is 4.50. The lowest BCUT2D eigenvalue weighted by Gasteiger charge is -2.36. The van der Waals surface area contributed by atoms with Gasteiger partial charge < -0.3 is 33.2 Å². The van der Waals surface area contributed by atoms with E-state index in [1.165, 1.54) is 13.0 Å². The number of halogens is 1. The van der Waals surface area contributed by atoms with Crippen LogP contribution in [0, 0.1) is 0 Å². The van der Waals surface area contributed by atoms with E-state index >= 15 is 0 Å². The molecule has 2 saturated heterocycles. The van der Waals surface area contributed by atoms with E-state index in [4.69, 9.17) is 4.74 Å². The first-order chi connectivity index (χ1) is 12.0. The molecule has 0 saturated carbocycles. The van der Waals surface area contributed by atoms with Gasteiger partial charge in [0.15, 0.2) is 4.93 Å². The van der Waals surface area contributed by atoms with Crippen molar-refractivity contribution < 1.29 is 37.4 Å². The van der Waals surface area contributed by atoms with Crippen LogP contribution in [0.15, 0.2) is 60.7 Å². The standard InChI is InChI=1S/C21H26NO2S.HI/c1-22(2)15-9-14-19(22)20-16-25(23)21(24-20,17-10-5-3-6-11-17)18-12-7-4-8-13-18;/h3-8,10-13,19-20H,9,14-16H2,1-2H3;1H/q+1;/p-1/t19-,20+,25?;/m1./s1. The van der Waals surface area contributed by atoms with Crippen molar-refractivity contribution in [2.45, 2.75) is 29.9 Å². The molecule has 0 bridgehead atoms. The maximum atomic E-state index is 13.5. The summed E-state index contributed by atoms with van der Waals surface area (Å²) in [4.78, 5) is -0.851. The maximum absolute atomic E-state index is 13.5. The third kappa shape index (κ3) is 3.28. The van der Waals surface area contributed by atoms with Gasteiger partial charge in [-0.25, -0.2) is 0 Å². The summed E-state index contributed by atoms with van der Waals surface area (Å²) < 4.78 is 21.2. The zero-order valence-electron chi connectivity index (χ0n) is 15.3. The SMILES string of the molecule is C[N+]1(C)CCC[C@@H]1[C@@H]1CS(=O)C(c2ccccc2)(c2ccccc2)O1.[I-]. The Balaban J connectivity index is 0.00000196. The van der Waals surface area contributed by atoms with Gasteiger partial charge in [0.05, 0.1) is 37.2 Å². The normalized spacial score (nSPS) is 29.2. The molecule has 0 aromatic heterocycles. The van der Waals surface area contributed by atoms with Crippen LogP contribution in [0.25, 0.3) is 0 Å². The Morgan fingerprint density at radius 2 is 1.54 bits per heavy atom. The number of quaternary nitrogens is 1. The third-order valence-electron chi connectivity index (χ3n) is 5.82.